The van der Waals surface area contributed by atoms with Crippen molar-refractivity contribution >= 4 is 5.91 Å². The van der Waals surface area contributed by atoms with Crippen LogP contribution in [0.5, 0.6) is 0 Å². The van der Waals surface area contributed by atoms with E-state index in [1.54, 1.807) is 0 Å². The highest BCUT2D eigenvalue weighted by atomic mass is 16.1. The van der Waals surface area contributed by atoms with Gasteiger partial charge >= 0.3 is 0 Å². The maximum Gasteiger partial charge on any atom is 0.221 e. The van der Waals surface area contributed by atoms with E-state index in [1.807, 2.05) is 13.8 Å². The number of rotatable bonds is 4. The van der Waals surface area contributed by atoms with Gasteiger partial charge in [-0.05, 0) is 52.2 Å². The Balaban J connectivity index is 2.32. The Morgan fingerprint density at radius 1 is 1.41 bits per heavy atom. The van der Waals surface area contributed by atoms with Crippen LogP contribution in [0.1, 0.15) is 40.0 Å². The molecule has 4 heteroatoms. The molecule has 1 aliphatic heterocycles. The fourth-order valence-electron chi connectivity index (χ4n) is 2.12. The molecule has 0 radical (unpaired) electrons. The first-order chi connectivity index (χ1) is 7.70. The summed E-state index contributed by atoms with van der Waals surface area (Å²) >= 11 is 0. The molecule has 0 unspecified atom stereocenters. The zero-order valence-electron chi connectivity index (χ0n) is 11.7. The minimum absolute atomic E-state index is 0.0673. The Kier molecular flexibility index (Phi) is 4.55. The van der Waals surface area contributed by atoms with Crippen LogP contribution in [0, 0.1) is 5.41 Å². The molecule has 1 rings (SSSR count). The molecule has 0 atom stereocenters. The van der Waals surface area contributed by atoms with Crippen molar-refractivity contribution in [3.8, 4) is 0 Å². The van der Waals surface area contributed by atoms with E-state index in [4.69, 9.17) is 5.73 Å². The third kappa shape index (κ3) is 5.50. The number of nitrogens with zero attached hydrogens (tertiary/aromatic N) is 1. The first-order valence-corrected chi connectivity index (χ1v) is 6.44. The van der Waals surface area contributed by atoms with E-state index in [1.165, 1.54) is 0 Å². The molecule has 0 aliphatic carbocycles. The monoisotopic (exact) mass is 241 g/mol. The van der Waals surface area contributed by atoms with Gasteiger partial charge in [0.05, 0.1) is 0 Å². The Hall–Kier alpha value is -0.610. The molecule has 1 heterocycles. The van der Waals surface area contributed by atoms with Crippen LogP contribution in [-0.4, -0.2) is 43.0 Å². The lowest BCUT2D eigenvalue weighted by Gasteiger charge is -2.38. The van der Waals surface area contributed by atoms with Crippen molar-refractivity contribution < 1.29 is 4.79 Å². The standard InChI is InChI=1S/C13H27N3O/c1-12(2,14)9-11(17)15-10-13(3)5-7-16(4)8-6-13/h5-10,14H2,1-4H3,(H,15,17). The zero-order chi connectivity index (χ0) is 13.1. The van der Waals surface area contributed by atoms with E-state index < -0.39 is 5.54 Å². The molecule has 17 heavy (non-hydrogen) atoms. The highest BCUT2D eigenvalue weighted by Crippen LogP contribution is 2.29. The molecule has 100 valence electrons. The number of nitrogens with two attached hydrogens (primary N) is 1. The van der Waals surface area contributed by atoms with Crippen LogP contribution < -0.4 is 11.1 Å². The molecular weight excluding hydrogens is 214 g/mol. The number of piperidine rings is 1. The highest BCUT2D eigenvalue weighted by molar-refractivity contribution is 5.77. The first kappa shape index (κ1) is 14.5. The summed E-state index contributed by atoms with van der Waals surface area (Å²) in [6.07, 6.45) is 2.69. The summed E-state index contributed by atoms with van der Waals surface area (Å²) in [6, 6.07) is 0. The largest absolute Gasteiger partial charge is 0.355 e. The number of hydrogen-bond acceptors (Lipinski definition) is 3. The summed E-state index contributed by atoms with van der Waals surface area (Å²) in [5, 5.41) is 3.03. The summed E-state index contributed by atoms with van der Waals surface area (Å²) in [7, 11) is 2.15. The summed E-state index contributed by atoms with van der Waals surface area (Å²) < 4.78 is 0. The van der Waals surface area contributed by atoms with Gasteiger partial charge in [-0.1, -0.05) is 6.92 Å². The Morgan fingerprint density at radius 3 is 2.41 bits per heavy atom. The van der Waals surface area contributed by atoms with E-state index >= 15 is 0 Å². The molecule has 0 aromatic carbocycles. The fraction of sp³-hybridized carbons (Fsp3) is 0.923. The maximum absolute atomic E-state index is 11.7. The molecule has 1 amide bonds. The predicted molar refractivity (Wildman–Crippen MR) is 70.7 cm³/mol. The third-order valence-electron chi connectivity index (χ3n) is 3.52. The lowest BCUT2D eigenvalue weighted by atomic mass is 9.80. The summed E-state index contributed by atoms with van der Waals surface area (Å²) in [4.78, 5) is 14.0. The summed E-state index contributed by atoms with van der Waals surface area (Å²) in [6.45, 7) is 9.03. The van der Waals surface area contributed by atoms with Crippen molar-refractivity contribution in [1.29, 1.82) is 0 Å². The van der Waals surface area contributed by atoms with Crippen LogP contribution >= 0.6 is 0 Å². The third-order valence-corrected chi connectivity index (χ3v) is 3.52. The Morgan fingerprint density at radius 2 is 1.94 bits per heavy atom. The topological polar surface area (TPSA) is 58.4 Å². The van der Waals surface area contributed by atoms with Gasteiger partial charge in [0.2, 0.25) is 5.91 Å². The second kappa shape index (κ2) is 5.36. The average molecular weight is 241 g/mol. The lowest BCUT2D eigenvalue weighted by molar-refractivity contribution is -0.122. The summed E-state index contributed by atoms with van der Waals surface area (Å²) in [5.74, 6) is 0.0673. The van der Waals surface area contributed by atoms with Crippen molar-refractivity contribution in [3.63, 3.8) is 0 Å². The quantitative estimate of drug-likeness (QED) is 0.771. The number of carbonyl (C=O) groups excluding carboxylic acids is 1. The van der Waals surface area contributed by atoms with E-state index in [2.05, 4.69) is 24.2 Å². The van der Waals surface area contributed by atoms with Gasteiger partial charge in [0, 0.05) is 18.5 Å². The van der Waals surface area contributed by atoms with Gasteiger partial charge in [-0.2, -0.15) is 0 Å². The van der Waals surface area contributed by atoms with E-state index in [9.17, 15) is 4.79 Å². The molecule has 0 spiro atoms. The van der Waals surface area contributed by atoms with Crippen molar-refractivity contribution in [2.24, 2.45) is 11.1 Å². The van der Waals surface area contributed by atoms with Crippen molar-refractivity contribution in [3.05, 3.63) is 0 Å². The molecule has 0 saturated carbocycles. The van der Waals surface area contributed by atoms with Crippen molar-refractivity contribution in [2.75, 3.05) is 26.7 Å². The van der Waals surface area contributed by atoms with Crippen LogP contribution in [0.3, 0.4) is 0 Å². The van der Waals surface area contributed by atoms with Gasteiger partial charge in [-0.25, -0.2) is 0 Å². The number of likely N-dealkylation sites (tertiary alicyclic amines) is 1. The Bertz CT molecular complexity index is 262. The zero-order valence-corrected chi connectivity index (χ0v) is 11.7. The van der Waals surface area contributed by atoms with Crippen LogP contribution in [-0.2, 0) is 4.79 Å². The molecular formula is C13H27N3O. The molecule has 0 bridgehead atoms. The molecule has 3 N–H and O–H groups in total. The second-order valence-electron chi connectivity index (χ2n) is 6.56. The van der Waals surface area contributed by atoms with Crippen molar-refractivity contribution in [1.82, 2.24) is 10.2 Å². The van der Waals surface area contributed by atoms with E-state index in [0.29, 0.717) is 6.42 Å². The van der Waals surface area contributed by atoms with Crippen LogP contribution in [0.4, 0.5) is 0 Å². The molecule has 4 nitrogen and oxygen atoms in total. The number of carbonyl (C=O) groups is 1. The van der Waals surface area contributed by atoms with Gasteiger partial charge in [-0.15, -0.1) is 0 Å². The highest BCUT2D eigenvalue weighted by Gasteiger charge is 2.29. The molecule has 0 aromatic rings. The van der Waals surface area contributed by atoms with Crippen LogP contribution in [0.15, 0.2) is 0 Å². The van der Waals surface area contributed by atoms with Gasteiger partial charge in [0.15, 0.2) is 0 Å². The minimum atomic E-state index is -0.419. The van der Waals surface area contributed by atoms with Crippen LogP contribution in [0.25, 0.3) is 0 Å². The van der Waals surface area contributed by atoms with Gasteiger partial charge in [0.1, 0.15) is 0 Å². The minimum Gasteiger partial charge on any atom is -0.355 e. The Labute approximate surface area is 105 Å². The second-order valence-corrected chi connectivity index (χ2v) is 6.56. The van der Waals surface area contributed by atoms with Gasteiger partial charge in [-0.3, -0.25) is 4.79 Å². The SMILES string of the molecule is CN1CCC(C)(CNC(=O)CC(C)(C)N)CC1. The number of hydrogen-bond donors (Lipinski definition) is 2. The lowest BCUT2D eigenvalue weighted by Crippen LogP contribution is -2.45. The van der Waals surface area contributed by atoms with Crippen LogP contribution in [0.2, 0.25) is 0 Å². The summed E-state index contributed by atoms with van der Waals surface area (Å²) in [5.41, 5.74) is 5.66. The number of nitrogens with one attached hydrogen (secondary N) is 1. The molecule has 1 saturated heterocycles. The van der Waals surface area contributed by atoms with Gasteiger partial charge in [0.25, 0.3) is 0 Å². The maximum atomic E-state index is 11.7. The van der Waals surface area contributed by atoms with E-state index in [0.717, 1.165) is 32.5 Å². The normalized spacial score (nSPS) is 21.2. The molecule has 0 aromatic heterocycles. The molecule has 1 aliphatic rings. The average Bonchev–Trinajstić information content (AvgIpc) is 2.18. The smallest absolute Gasteiger partial charge is 0.221 e. The molecule has 1 fully saturated rings. The van der Waals surface area contributed by atoms with Crippen molar-refractivity contribution in [2.45, 2.75) is 45.6 Å². The first-order valence-electron chi connectivity index (χ1n) is 6.44. The van der Waals surface area contributed by atoms with Gasteiger partial charge < -0.3 is 16.0 Å². The predicted octanol–water partition coefficient (Wildman–Crippen LogP) is 0.962. The fourth-order valence-corrected chi connectivity index (χ4v) is 2.12. The number of amides is 1. The van der Waals surface area contributed by atoms with E-state index in [-0.39, 0.29) is 11.3 Å².